The van der Waals surface area contributed by atoms with E-state index in [1.54, 1.807) is 57.2 Å². The summed E-state index contributed by atoms with van der Waals surface area (Å²) in [6.45, 7) is 7.35. The van der Waals surface area contributed by atoms with E-state index in [0.29, 0.717) is 11.6 Å². The van der Waals surface area contributed by atoms with Crippen LogP contribution in [0, 0.1) is 5.41 Å². The molecule has 0 atom stereocenters. The smallest absolute Gasteiger partial charge is 0.411 e. The molecule has 1 aliphatic rings. The molecular formula is C27H38N6O6. The van der Waals surface area contributed by atoms with Crippen LogP contribution in [0.25, 0.3) is 0 Å². The maximum Gasteiger partial charge on any atom is 0.411 e. The van der Waals surface area contributed by atoms with Gasteiger partial charge in [0, 0.05) is 38.2 Å². The Morgan fingerprint density at radius 3 is 2.33 bits per heavy atom. The Bertz CT molecular complexity index is 1130. The van der Waals surface area contributed by atoms with E-state index in [9.17, 15) is 19.2 Å². The first-order valence-corrected chi connectivity index (χ1v) is 13.0. The van der Waals surface area contributed by atoms with Crippen molar-refractivity contribution in [2.24, 2.45) is 5.41 Å². The average Bonchev–Trinajstić information content (AvgIpc) is 3.45. The lowest BCUT2D eigenvalue weighted by atomic mass is 9.77. The van der Waals surface area contributed by atoms with Crippen molar-refractivity contribution < 1.29 is 28.7 Å². The molecule has 212 valence electrons. The number of aromatic nitrogens is 2. The molecule has 1 aromatic carbocycles. The number of alkyl carbamates (subject to hydrolysis) is 1. The molecule has 3 rings (SSSR count). The van der Waals surface area contributed by atoms with Crippen LogP contribution in [-0.2, 0) is 25.5 Å². The highest BCUT2D eigenvalue weighted by atomic mass is 16.6. The van der Waals surface area contributed by atoms with Crippen LogP contribution in [0.2, 0.25) is 0 Å². The van der Waals surface area contributed by atoms with Gasteiger partial charge < -0.3 is 24.7 Å². The zero-order chi connectivity index (χ0) is 28.6. The molecule has 0 saturated carbocycles. The number of rotatable bonds is 8. The van der Waals surface area contributed by atoms with Crippen molar-refractivity contribution in [3.8, 4) is 0 Å². The van der Waals surface area contributed by atoms with Gasteiger partial charge in [-0.15, -0.1) is 0 Å². The largest absolute Gasteiger partial charge is 0.448 e. The van der Waals surface area contributed by atoms with Gasteiger partial charge in [-0.05, 0) is 57.7 Å². The van der Waals surface area contributed by atoms with Gasteiger partial charge in [0.15, 0.2) is 0 Å². The number of likely N-dealkylation sites (tertiary alicyclic amines) is 1. The van der Waals surface area contributed by atoms with Crippen LogP contribution in [0.15, 0.2) is 36.7 Å². The van der Waals surface area contributed by atoms with Gasteiger partial charge in [-0.2, -0.15) is 0 Å². The van der Waals surface area contributed by atoms with Crippen LogP contribution in [0.1, 0.15) is 46.1 Å². The number of aryl methyl sites for hydroxylation is 1. The molecule has 2 aromatic rings. The van der Waals surface area contributed by atoms with E-state index in [1.807, 2.05) is 19.1 Å². The van der Waals surface area contributed by atoms with Crippen molar-refractivity contribution in [2.75, 3.05) is 43.5 Å². The molecule has 1 saturated heterocycles. The molecule has 1 fully saturated rings. The number of H-pyrrole nitrogens is 1. The standard InChI is InChI=1S/C27H38N6O6/c1-6-19-7-9-20(10-8-19)31-25(37)38-18-27(22(35)32(5)23-28-13-14-29-23)11-15-33(16-12-27)21(34)17-30-24(36)39-26(2,3)4/h7-10,13-14H,6,11-12,15-18H2,1-5H3,(H,28,29)(H,30,36)(H,31,37). The molecule has 4 amide bonds. The minimum atomic E-state index is -1.07. The number of anilines is 2. The minimum absolute atomic E-state index is 0.173. The quantitative estimate of drug-likeness (QED) is 0.464. The summed E-state index contributed by atoms with van der Waals surface area (Å²) < 4.78 is 10.7. The van der Waals surface area contributed by atoms with E-state index in [0.717, 1.165) is 12.0 Å². The van der Waals surface area contributed by atoms with Crippen LogP contribution in [0.5, 0.6) is 0 Å². The van der Waals surface area contributed by atoms with Gasteiger partial charge in [0.05, 0.1) is 5.41 Å². The van der Waals surface area contributed by atoms with Crippen LogP contribution in [0.3, 0.4) is 0 Å². The maximum atomic E-state index is 13.7. The molecule has 1 aliphatic heterocycles. The number of amides is 4. The average molecular weight is 543 g/mol. The highest BCUT2D eigenvalue weighted by Crippen LogP contribution is 2.35. The number of nitrogens with zero attached hydrogens (tertiary/aromatic N) is 3. The van der Waals surface area contributed by atoms with Gasteiger partial charge >= 0.3 is 12.2 Å². The van der Waals surface area contributed by atoms with Crippen molar-refractivity contribution >= 4 is 35.6 Å². The summed E-state index contributed by atoms with van der Waals surface area (Å²) >= 11 is 0. The van der Waals surface area contributed by atoms with Gasteiger partial charge in [0.25, 0.3) is 0 Å². The summed E-state index contributed by atoms with van der Waals surface area (Å²) in [6.07, 6.45) is 3.20. The molecule has 0 bridgehead atoms. The zero-order valence-corrected chi connectivity index (χ0v) is 23.2. The third-order valence-electron chi connectivity index (χ3n) is 6.50. The van der Waals surface area contributed by atoms with Gasteiger partial charge in [-0.25, -0.2) is 14.6 Å². The van der Waals surface area contributed by atoms with Crippen LogP contribution < -0.4 is 15.5 Å². The molecule has 0 spiro atoms. The Kier molecular flexibility index (Phi) is 9.55. The number of imidazole rings is 1. The fourth-order valence-corrected chi connectivity index (χ4v) is 4.25. The van der Waals surface area contributed by atoms with E-state index in [1.165, 1.54) is 4.90 Å². The fraction of sp³-hybridized carbons (Fsp3) is 0.519. The molecule has 1 aromatic heterocycles. The summed E-state index contributed by atoms with van der Waals surface area (Å²) in [5, 5.41) is 5.16. The van der Waals surface area contributed by atoms with Crippen LogP contribution >= 0.6 is 0 Å². The summed E-state index contributed by atoms with van der Waals surface area (Å²) in [6, 6.07) is 7.43. The first-order valence-electron chi connectivity index (χ1n) is 13.0. The molecule has 0 aliphatic carbocycles. The molecule has 39 heavy (non-hydrogen) atoms. The summed E-state index contributed by atoms with van der Waals surface area (Å²) in [5.74, 6) is -0.216. The number of hydrogen-bond donors (Lipinski definition) is 3. The highest BCUT2D eigenvalue weighted by molar-refractivity contribution is 5.96. The SMILES string of the molecule is CCc1ccc(NC(=O)OCC2(C(=O)N(C)c3ncc[nH]3)CCN(C(=O)CNC(=O)OC(C)(C)C)CC2)cc1. The van der Waals surface area contributed by atoms with E-state index in [2.05, 4.69) is 20.6 Å². The first kappa shape index (κ1) is 29.5. The maximum absolute atomic E-state index is 13.7. The van der Waals surface area contributed by atoms with E-state index in [4.69, 9.17) is 9.47 Å². The normalized spacial score (nSPS) is 14.7. The predicted octanol–water partition coefficient (Wildman–Crippen LogP) is 3.32. The second-order valence-electron chi connectivity index (χ2n) is 10.5. The lowest BCUT2D eigenvalue weighted by Crippen LogP contribution is -2.54. The van der Waals surface area contributed by atoms with Crippen LogP contribution in [-0.4, -0.2) is 77.8 Å². The second-order valence-corrected chi connectivity index (χ2v) is 10.5. The van der Waals surface area contributed by atoms with Crippen molar-refractivity contribution in [2.45, 2.75) is 52.6 Å². The van der Waals surface area contributed by atoms with E-state index in [-0.39, 0.29) is 50.9 Å². The lowest BCUT2D eigenvalue weighted by molar-refractivity contribution is -0.140. The van der Waals surface area contributed by atoms with Crippen LogP contribution in [0.4, 0.5) is 21.2 Å². The van der Waals surface area contributed by atoms with Gasteiger partial charge in [-0.1, -0.05) is 19.1 Å². The summed E-state index contributed by atoms with van der Waals surface area (Å²) in [7, 11) is 1.60. The fourth-order valence-electron chi connectivity index (χ4n) is 4.25. The minimum Gasteiger partial charge on any atom is -0.448 e. The number of benzene rings is 1. The Morgan fingerprint density at radius 2 is 1.77 bits per heavy atom. The second kappa shape index (κ2) is 12.6. The van der Waals surface area contributed by atoms with Crippen molar-refractivity contribution in [3.63, 3.8) is 0 Å². The zero-order valence-electron chi connectivity index (χ0n) is 23.2. The monoisotopic (exact) mass is 542 g/mol. The Morgan fingerprint density at radius 1 is 1.10 bits per heavy atom. The third kappa shape index (κ3) is 8.20. The number of piperidine rings is 1. The number of carbonyl (C=O) groups excluding carboxylic acids is 4. The molecule has 2 heterocycles. The number of aromatic amines is 1. The van der Waals surface area contributed by atoms with Gasteiger partial charge in [-0.3, -0.25) is 19.8 Å². The predicted molar refractivity (Wildman–Crippen MR) is 145 cm³/mol. The summed E-state index contributed by atoms with van der Waals surface area (Å²) in [5.41, 5.74) is -0.0192. The molecule has 0 radical (unpaired) electrons. The lowest BCUT2D eigenvalue weighted by Gasteiger charge is -2.41. The molecule has 3 N–H and O–H groups in total. The van der Waals surface area contributed by atoms with Crippen molar-refractivity contribution in [1.29, 1.82) is 0 Å². The van der Waals surface area contributed by atoms with Crippen molar-refractivity contribution in [1.82, 2.24) is 20.2 Å². The van der Waals surface area contributed by atoms with Gasteiger partial charge in [0.1, 0.15) is 18.8 Å². The highest BCUT2D eigenvalue weighted by Gasteiger charge is 2.45. The van der Waals surface area contributed by atoms with Gasteiger partial charge in [0.2, 0.25) is 17.8 Å². The Hall–Kier alpha value is -4.09. The summed E-state index contributed by atoms with van der Waals surface area (Å²) in [4.78, 5) is 60.9. The third-order valence-corrected chi connectivity index (χ3v) is 6.50. The Balaban J connectivity index is 1.64. The van der Waals surface area contributed by atoms with E-state index >= 15 is 0 Å². The van der Waals surface area contributed by atoms with E-state index < -0.39 is 23.2 Å². The van der Waals surface area contributed by atoms with Crippen molar-refractivity contribution in [3.05, 3.63) is 42.2 Å². The topological polar surface area (TPSA) is 146 Å². The Labute approximate surface area is 228 Å². The molecule has 12 heteroatoms. The molecule has 0 unspecified atom stereocenters. The number of ether oxygens (including phenoxy) is 2. The number of carbonyl (C=O) groups is 4. The first-order chi connectivity index (χ1) is 18.4. The molecular weight excluding hydrogens is 504 g/mol. The number of hydrogen-bond acceptors (Lipinski definition) is 7. The number of nitrogens with one attached hydrogen (secondary N) is 3. The molecule has 12 nitrogen and oxygen atoms in total.